The zero-order valence-electron chi connectivity index (χ0n) is 13.6. The summed E-state index contributed by atoms with van der Waals surface area (Å²) in [6.45, 7) is 4.79. The lowest BCUT2D eigenvalue weighted by Gasteiger charge is -2.16. The summed E-state index contributed by atoms with van der Waals surface area (Å²) in [6.07, 6.45) is -4.43. The fourth-order valence-corrected chi connectivity index (χ4v) is 4.13. The molecule has 0 spiro atoms. The molecule has 1 aromatic carbocycles. The second kappa shape index (κ2) is 6.21. The Morgan fingerprint density at radius 3 is 2.12 bits per heavy atom. The van der Waals surface area contributed by atoms with Crippen LogP contribution in [0.4, 0.5) is 13.2 Å². The van der Waals surface area contributed by atoms with E-state index in [9.17, 15) is 21.6 Å². The van der Waals surface area contributed by atoms with Gasteiger partial charge in [-0.1, -0.05) is 12.1 Å². The Hall–Kier alpha value is -1.87. The molecule has 1 N–H and O–H groups in total. The van der Waals surface area contributed by atoms with Gasteiger partial charge in [0.2, 0.25) is 10.0 Å². The van der Waals surface area contributed by atoms with Crippen LogP contribution in [0.25, 0.3) is 0 Å². The number of halogens is 3. The maximum absolute atomic E-state index is 12.6. The maximum Gasteiger partial charge on any atom is 0.416 e. The van der Waals surface area contributed by atoms with Gasteiger partial charge in [-0.05, 0) is 38.5 Å². The molecule has 0 radical (unpaired) electrons. The molecule has 0 saturated carbocycles. The lowest BCUT2D eigenvalue weighted by Crippen LogP contribution is -2.27. The summed E-state index contributed by atoms with van der Waals surface area (Å²) in [5.41, 5.74) is 0.507. The molecule has 24 heavy (non-hydrogen) atoms. The van der Waals surface area contributed by atoms with Crippen molar-refractivity contribution in [3.8, 4) is 0 Å². The third-order valence-electron chi connectivity index (χ3n) is 3.78. The minimum absolute atomic E-state index is 0.0868. The van der Waals surface area contributed by atoms with Crippen LogP contribution in [-0.4, -0.2) is 18.2 Å². The molecule has 132 valence electrons. The van der Waals surface area contributed by atoms with Gasteiger partial charge >= 0.3 is 6.18 Å². The fourth-order valence-electron chi connectivity index (χ4n) is 2.46. The van der Waals surface area contributed by atoms with Gasteiger partial charge in [0.25, 0.3) is 0 Å². The van der Waals surface area contributed by atoms with Crippen LogP contribution in [0.1, 0.15) is 35.5 Å². The highest BCUT2D eigenvalue weighted by Crippen LogP contribution is 2.30. The quantitative estimate of drug-likeness (QED) is 0.910. The number of sulfonamides is 1. The molecule has 0 aliphatic carbocycles. The largest absolute Gasteiger partial charge is 0.416 e. The zero-order valence-corrected chi connectivity index (χ0v) is 14.5. The van der Waals surface area contributed by atoms with Crippen LogP contribution in [0.15, 0.2) is 29.2 Å². The predicted molar refractivity (Wildman–Crippen MR) is 82.9 cm³/mol. The lowest BCUT2D eigenvalue weighted by atomic mass is 10.1. The number of hydrogen-bond acceptors (Lipinski definition) is 3. The van der Waals surface area contributed by atoms with Crippen LogP contribution < -0.4 is 4.72 Å². The first kappa shape index (κ1) is 18.5. The molecule has 0 saturated heterocycles. The molecular formula is C15H18F3N3O2S. The molecule has 0 aliphatic rings. The van der Waals surface area contributed by atoms with Gasteiger partial charge in [0, 0.05) is 13.1 Å². The van der Waals surface area contributed by atoms with Crippen molar-refractivity contribution in [3.05, 3.63) is 46.8 Å². The molecule has 2 aromatic rings. The van der Waals surface area contributed by atoms with Crippen LogP contribution in [-0.2, 0) is 23.2 Å². The summed E-state index contributed by atoms with van der Waals surface area (Å²) in [7, 11) is -2.20. The van der Waals surface area contributed by atoms with Crippen LogP contribution in [0.3, 0.4) is 0 Å². The average molecular weight is 361 g/mol. The number of rotatable bonds is 4. The molecule has 9 heteroatoms. The smallest absolute Gasteiger partial charge is 0.271 e. The van der Waals surface area contributed by atoms with Crippen LogP contribution >= 0.6 is 0 Å². The third kappa shape index (κ3) is 3.62. The first-order valence-corrected chi connectivity index (χ1v) is 8.61. The van der Waals surface area contributed by atoms with Crippen LogP contribution in [0, 0.1) is 13.8 Å². The SMILES string of the molecule is Cc1nn(C)c(C)c1S(=O)(=O)N[C@H](C)c1ccc(C(F)(F)F)cc1. The van der Waals surface area contributed by atoms with Crippen molar-refractivity contribution in [2.24, 2.45) is 7.05 Å². The molecule has 0 amide bonds. The molecule has 0 fully saturated rings. The Labute approximate surface area is 138 Å². The van der Waals surface area contributed by atoms with Crippen molar-refractivity contribution >= 4 is 10.0 Å². The topological polar surface area (TPSA) is 64.0 Å². The predicted octanol–water partition coefficient (Wildman–Crippen LogP) is 3.10. The van der Waals surface area contributed by atoms with E-state index in [1.165, 1.54) is 16.8 Å². The maximum atomic E-state index is 12.6. The molecule has 0 bridgehead atoms. The highest BCUT2D eigenvalue weighted by molar-refractivity contribution is 7.89. The fraction of sp³-hybridized carbons (Fsp3) is 0.400. The number of benzene rings is 1. The van der Waals surface area contributed by atoms with E-state index in [4.69, 9.17) is 0 Å². The summed E-state index contributed by atoms with van der Waals surface area (Å²) in [5.74, 6) is 0. The summed E-state index contributed by atoms with van der Waals surface area (Å²) in [5, 5.41) is 4.07. The number of aromatic nitrogens is 2. The highest BCUT2D eigenvalue weighted by atomic mass is 32.2. The second-order valence-corrected chi connectivity index (χ2v) is 7.24. The molecule has 2 rings (SSSR count). The number of alkyl halides is 3. The molecule has 1 heterocycles. The van der Waals surface area contributed by atoms with Crippen molar-refractivity contribution < 1.29 is 21.6 Å². The monoisotopic (exact) mass is 361 g/mol. The number of nitrogens with one attached hydrogen (secondary N) is 1. The number of nitrogens with zero attached hydrogens (tertiary/aromatic N) is 2. The Kier molecular flexibility index (Phi) is 4.78. The van der Waals surface area contributed by atoms with E-state index in [2.05, 4.69) is 9.82 Å². The highest BCUT2D eigenvalue weighted by Gasteiger charge is 2.30. The zero-order chi connectivity index (χ0) is 18.3. The van der Waals surface area contributed by atoms with E-state index in [1.54, 1.807) is 27.8 Å². The first-order chi connectivity index (χ1) is 10.9. The van der Waals surface area contributed by atoms with E-state index in [-0.39, 0.29) is 4.90 Å². The molecule has 0 aliphatic heterocycles. The van der Waals surface area contributed by atoms with Crippen molar-refractivity contribution in [1.82, 2.24) is 14.5 Å². The van der Waals surface area contributed by atoms with Gasteiger partial charge in [0.05, 0.1) is 17.0 Å². The number of hydrogen-bond donors (Lipinski definition) is 1. The van der Waals surface area contributed by atoms with Gasteiger partial charge in [-0.15, -0.1) is 0 Å². The Morgan fingerprint density at radius 1 is 1.17 bits per heavy atom. The average Bonchev–Trinajstić information content (AvgIpc) is 2.71. The molecule has 1 atom stereocenters. The van der Waals surface area contributed by atoms with E-state index >= 15 is 0 Å². The lowest BCUT2D eigenvalue weighted by molar-refractivity contribution is -0.137. The Morgan fingerprint density at radius 2 is 1.71 bits per heavy atom. The van der Waals surface area contributed by atoms with Gasteiger partial charge in [0.1, 0.15) is 4.90 Å². The van der Waals surface area contributed by atoms with E-state index in [1.807, 2.05) is 0 Å². The van der Waals surface area contributed by atoms with Crippen LogP contribution in [0.5, 0.6) is 0 Å². The van der Waals surface area contributed by atoms with Gasteiger partial charge in [0.15, 0.2) is 0 Å². The van der Waals surface area contributed by atoms with Gasteiger partial charge in [-0.25, -0.2) is 13.1 Å². The van der Waals surface area contributed by atoms with Gasteiger partial charge in [-0.2, -0.15) is 18.3 Å². The minimum Gasteiger partial charge on any atom is -0.271 e. The first-order valence-electron chi connectivity index (χ1n) is 7.13. The second-order valence-electron chi connectivity index (χ2n) is 5.59. The molecular weight excluding hydrogens is 343 g/mol. The normalized spacial score (nSPS) is 14.0. The summed E-state index contributed by atoms with van der Waals surface area (Å²) >= 11 is 0. The Bertz CT molecular complexity index is 840. The van der Waals surface area contributed by atoms with Crippen LogP contribution in [0.2, 0.25) is 0 Å². The van der Waals surface area contributed by atoms with E-state index < -0.39 is 27.8 Å². The van der Waals surface area contributed by atoms with Gasteiger partial charge < -0.3 is 0 Å². The van der Waals surface area contributed by atoms with Crippen molar-refractivity contribution in [2.75, 3.05) is 0 Å². The van der Waals surface area contributed by atoms with E-state index in [0.29, 0.717) is 17.0 Å². The summed E-state index contributed by atoms with van der Waals surface area (Å²) < 4.78 is 66.8. The minimum atomic E-state index is -4.43. The van der Waals surface area contributed by atoms with Crippen molar-refractivity contribution in [1.29, 1.82) is 0 Å². The summed E-state index contributed by atoms with van der Waals surface area (Å²) in [6, 6.07) is 3.70. The third-order valence-corrected chi connectivity index (χ3v) is 5.57. The number of aryl methyl sites for hydroxylation is 2. The molecule has 5 nitrogen and oxygen atoms in total. The Balaban J connectivity index is 2.27. The standard InChI is InChI=1S/C15H18F3N3O2S/c1-9(12-5-7-13(8-6-12)15(16,17)18)20-24(22,23)14-10(2)19-21(4)11(14)3/h5-9,20H,1-4H3/t9-/m1/s1. The molecule has 1 aromatic heterocycles. The van der Waals surface area contributed by atoms with Gasteiger partial charge in [-0.3, -0.25) is 4.68 Å². The van der Waals surface area contributed by atoms with E-state index in [0.717, 1.165) is 12.1 Å². The van der Waals surface area contributed by atoms with Crippen molar-refractivity contribution in [3.63, 3.8) is 0 Å². The summed E-state index contributed by atoms with van der Waals surface area (Å²) in [4.78, 5) is 0.0868. The molecule has 0 unspecified atom stereocenters. The van der Waals surface area contributed by atoms with Crippen molar-refractivity contribution in [2.45, 2.75) is 37.9 Å².